The van der Waals surface area contributed by atoms with E-state index in [2.05, 4.69) is 11.8 Å². The molecular formula is C17H28N2O3S. The SMILES string of the molecule is CCCCCOc1ccc(C)cc1S(=O)(=O)N1CCN(C)CC1. The Morgan fingerprint density at radius 3 is 2.48 bits per heavy atom. The maximum Gasteiger partial charge on any atom is 0.246 e. The average Bonchev–Trinajstić information content (AvgIpc) is 2.53. The van der Waals surface area contributed by atoms with Crippen LogP contribution in [0.5, 0.6) is 5.75 Å². The summed E-state index contributed by atoms with van der Waals surface area (Å²) in [5.41, 5.74) is 0.929. The Morgan fingerprint density at radius 1 is 1.13 bits per heavy atom. The number of unbranched alkanes of at least 4 members (excludes halogenated alkanes) is 2. The van der Waals surface area contributed by atoms with Crippen LogP contribution in [-0.4, -0.2) is 57.5 Å². The number of hydrogen-bond acceptors (Lipinski definition) is 4. The van der Waals surface area contributed by atoms with Crippen LogP contribution >= 0.6 is 0 Å². The Hall–Kier alpha value is -1.11. The van der Waals surface area contributed by atoms with Gasteiger partial charge in [-0.3, -0.25) is 0 Å². The van der Waals surface area contributed by atoms with Crippen LogP contribution in [0.4, 0.5) is 0 Å². The number of aryl methyl sites for hydroxylation is 1. The lowest BCUT2D eigenvalue weighted by atomic mass is 10.2. The highest BCUT2D eigenvalue weighted by molar-refractivity contribution is 7.89. The Morgan fingerprint density at radius 2 is 1.83 bits per heavy atom. The van der Waals surface area contributed by atoms with Crippen LogP contribution in [-0.2, 0) is 10.0 Å². The molecule has 0 radical (unpaired) electrons. The molecule has 0 N–H and O–H groups in total. The number of benzene rings is 1. The molecule has 6 heteroatoms. The zero-order valence-electron chi connectivity index (χ0n) is 14.4. The zero-order chi connectivity index (χ0) is 16.9. The Balaban J connectivity index is 2.20. The van der Waals surface area contributed by atoms with Crippen LogP contribution in [0.2, 0.25) is 0 Å². The van der Waals surface area contributed by atoms with E-state index in [1.165, 1.54) is 0 Å². The molecule has 23 heavy (non-hydrogen) atoms. The van der Waals surface area contributed by atoms with Gasteiger partial charge in [0.25, 0.3) is 0 Å². The first-order chi connectivity index (χ1) is 10.9. The molecule has 0 unspecified atom stereocenters. The second-order valence-electron chi connectivity index (χ2n) is 6.21. The lowest BCUT2D eigenvalue weighted by Crippen LogP contribution is -2.47. The Kier molecular flexibility index (Phi) is 6.44. The molecule has 1 fully saturated rings. The monoisotopic (exact) mass is 340 g/mol. The average molecular weight is 340 g/mol. The van der Waals surface area contributed by atoms with Crippen molar-refractivity contribution in [2.45, 2.75) is 38.0 Å². The maximum absolute atomic E-state index is 13.0. The first kappa shape index (κ1) is 18.2. The van der Waals surface area contributed by atoms with Crippen LogP contribution in [0.1, 0.15) is 31.7 Å². The maximum atomic E-state index is 13.0. The predicted octanol–water partition coefficient (Wildman–Crippen LogP) is 2.50. The van der Waals surface area contributed by atoms with Gasteiger partial charge in [0, 0.05) is 26.2 Å². The van der Waals surface area contributed by atoms with Crippen LogP contribution < -0.4 is 4.74 Å². The van der Waals surface area contributed by atoms with Gasteiger partial charge < -0.3 is 9.64 Å². The van der Waals surface area contributed by atoms with Gasteiger partial charge in [0.2, 0.25) is 10.0 Å². The normalized spacial score (nSPS) is 17.3. The lowest BCUT2D eigenvalue weighted by molar-refractivity contribution is 0.221. The van der Waals surface area contributed by atoms with Crippen molar-refractivity contribution in [1.82, 2.24) is 9.21 Å². The highest BCUT2D eigenvalue weighted by Gasteiger charge is 2.30. The van der Waals surface area contributed by atoms with Crippen molar-refractivity contribution in [2.75, 3.05) is 39.8 Å². The summed E-state index contributed by atoms with van der Waals surface area (Å²) < 4.78 is 33.3. The lowest BCUT2D eigenvalue weighted by Gasteiger charge is -2.32. The Bertz CT molecular complexity index is 608. The molecular weight excluding hydrogens is 312 g/mol. The van der Waals surface area contributed by atoms with Crippen molar-refractivity contribution in [1.29, 1.82) is 0 Å². The highest BCUT2D eigenvalue weighted by Crippen LogP contribution is 2.28. The third kappa shape index (κ3) is 4.68. The second-order valence-corrected chi connectivity index (χ2v) is 8.12. The highest BCUT2D eigenvalue weighted by atomic mass is 32.2. The summed E-state index contributed by atoms with van der Waals surface area (Å²) in [6, 6.07) is 5.41. The molecule has 130 valence electrons. The van der Waals surface area contributed by atoms with Crippen molar-refractivity contribution < 1.29 is 13.2 Å². The van der Waals surface area contributed by atoms with Crippen molar-refractivity contribution in [3.63, 3.8) is 0 Å². The van der Waals surface area contributed by atoms with Gasteiger partial charge in [0.05, 0.1) is 6.61 Å². The summed E-state index contributed by atoms with van der Waals surface area (Å²) in [5, 5.41) is 0. The van der Waals surface area contributed by atoms with Crippen LogP contribution in [0.25, 0.3) is 0 Å². The van der Waals surface area contributed by atoms with E-state index in [9.17, 15) is 8.42 Å². The molecule has 0 saturated carbocycles. The summed E-state index contributed by atoms with van der Waals surface area (Å²) in [6.45, 7) is 7.18. The molecule has 1 aliphatic rings. The number of likely N-dealkylation sites (N-methyl/N-ethyl adjacent to an activating group) is 1. The van der Waals surface area contributed by atoms with Crippen LogP contribution in [0, 0.1) is 6.92 Å². The number of ether oxygens (including phenoxy) is 1. The van der Waals surface area contributed by atoms with E-state index in [1.54, 1.807) is 16.4 Å². The van der Waals surface area contributed by atoms with E-state index in [-0.39, 0.29) is 0 Å². The molecule has 5 nitrogen and oxygen atoms in total. The fourth-order valence-corrected chi connectivity index (χ4v) is 4.28. The predicted molar refractivity (Wildman–Crippen MR) is 92.5 cm³/mol. The van der Waals surface area contributed by atoms with E-state index in [1.807, 2.05) is 20.0 Å². The van der Waals surface area contributed by atoms with Gasteiger partial charge in [-0.05, 0) is 38.1 Å². The van der Waals surface area contributed by atoms with Gasteiger partial charge >= 0.3 is 0 Å². The molecule has 0 amide bonds. The quantitative estimate of drug-likeness (QED) is 0.716. The number of nitrogens with zero attached hydrogens (tertiary/aromatic N) is 2. The molecule has 0 aromatic heterocycles. The van der Waals surface area contributed by atoms with Gasteiger partial charge in [0.1, 0.15) is 10.6 Å². The molecule has 1 aromatic carbocycles. The van der Waals surface area contributed by atoms with Crippen LogP contribution in [0.3, 0.4) is 0 Å². The number of sulfonamides is 1. The number of hydrogen-bond donors (Lipinski definition) is 0. The zero-order valence-corrected chi connectivity index (χ0v) is 15.2. The molecule has 1 aliphatic heterocycles. The van der Waals surface area contributed by atoms with E-state index in [4.69, 9.17) is 4.74 Å². The van der Waals surface area contributed by atoms with Crippen molar-refractivity contribution in [3.05, 3.63) is 23.8 Å². The topological polar surface area (TPSA) is 49.9 Å². The Labute approximate surface area is 140 Å². The molecule has 1 saturated heterocycles. The minimum atomic E-state index is -3.50. The largest absolute Gasteiger partial charge is 0.492 e. The van der Waals surface area contributed by atoms with Gasteiger partial charge in [0.15, 0.2) is 0 Å². The first-order valence-corrected chi connectivity index (χ1v) is 9.81. The molecule has 0 atom stereocenters. The van der Waals surface area contributed by atoms with Gasteiger partial charge in [-0.15, -0.1) is 0 Å². The number of rotatable bonds is 7. The van der Waals surface area contributed by atoms with Crippen molar-refractivity contribution in [2.24, 2.45) is 0 Å². The minimum Gasteiger partial charge on any atom is -0.492 e. The van der Waals surface area contributed by atoms with Gasteiger partial charge in [-0.1, -0.05) is 25.8 Å². The molecule has 1 heterocycles. The molecule has 0 aliphatic carbocycles. The summed E-state index contributed by atoms with van der Waals surface area (Å²) >= 11 is 0. The van der Waals surface area contributed by atoms with E-state index in [0.29, 0.717) is 30.3 Å². The molecule has 1 aromatic rings. The summed E-state index contributed by atoms with van der Waals surface area (Å²) in [5.74, 6) is 0.477. The molecule has 0 spiro atoms. The van der Waals surface area contributed by atoms with E-state index in [0.717, 1.165) is 37.9 Å². The number of piperazine rings is 1. The standard InChI is InChI=1S/C17H28N2O3S/c1-4-5-6-13-22-16-8-7-15(2)14-17(16)23(20,21)19-11-9-18(3)10-12-19/h7-8,14H,4-6,9-13H2,1-3H3. The second kappa shape index (κ2) is 8.13. The third-order valence-electron chi connectivity index (χ3n) is 4.18. The summed E-state index contributed by atoms with van der Waals surface area (Å²) in [4.78, 5) is 2.45. The van der Waals surface area contributed by atoms with Gasteiger partial charge in [-0.2, -0.15) is 4.31 Å². The van der Waals surface area contributed by atoms with Crippen LogP contribution in [0.15, 0.2) is 23.1 Å². The smallest absolute Gasteiger partial charge is 0.246 e. The van der Waals surface area contributed by atoms with Gasteiger partial charge in [-0.25, -0.2) is 8.42 Å². The minimum absolute atomic E-state index is 0.304. The fraction of sp³-hybridized carbons (Fsp3) is 0.647. The fourth-order valence-electron chi connectivity index (χ4n) is 2.64. The van der Waals surface area contributed by atoms with Crippen molar-refractivity contribution >= 4 is 10.0 Å². The first-order valence-electron chi connectivity index (χ1n) is 8.37. The molecule has 2 rings (SSSR count). The third-order valence-corrected chi connectivity index (χ3v) is 6.10. The van der Waals surface area contributed by atoms with E-state index < -0.39 is 10.0 Å². The molecule has 0 bridgehead atoms. The summed E-state index contributed by atoms with van der Waals surface area (Å²) in [6.07, 6.45) is 3.15. The van der Waals surface area contributed by atoms with Crippen molar-refractivity contribution in [3.8, 4) is 5.75 Å². The summed E-state index contributed by atoms with van der Waals surface area (Å²) in [7, 11) is -1.49. The van der Waals surface area contributed by atoms with E-state index >= 15 is 0 Å².